The monoisotopic (exact) mass is 668 g/mol. The first-order valence-corrected chi connectivity index (χ1v) is 17.1. The average molecular weight is 669 g/mol. The van der Waals surface area contributed by atoms with Crippen molar-refractivity contribution < 1.29 is 24.1 Å². The Labute approximate surface area is 282 Å². The Morgan fingerprint density at radius 3 is 2.23 bits per heavy atom. The van der Waals surface area contributed by atoms with Gasteiger partial charge in [0.05, 0.1) is 18.8 Å². The quantitative estimate of drug-likeness (QED) is 0.121. The van der Waals surface area contributed by atoms with Crippen molar-refractivity contribution in [2.24, 2.45) is 5.92 Å². The Kier molecular flexibility index (Phi) is 10.8. The van der Waals surface area contributed by atoms with Crippen LogP contribution in [0.5, 0.6) is 11.5 Å². The number of rotatable bonds is 11. The van der Waals surface area contributed by atoms with Gasteiger partial charge in [-0.05, 0) is 60.0 Å². The molecule has 4 atom stereocenters. The van der Waals surface area contributed by atoms with Crippen LogP contribution in [0.2, 0.25) is 0 Å². The minimum absolute atomic E-state index is 0.00575. The van der Waals surface area contributed by atoms with Crippen molar-refractivity contribution in [2.45, 2.75) is 49.8 Å². The molecule has 0 saturated carbocycles. The predicted octanol–water partition coefficient (Wildman–Crippen LogP) is 8.04. The summed E-state index contributed by atoms with van der Waals surface area (Å²) in [6.45, 7) is 4.44. The average Bonchev–Trinajstić information content (AvgIpc) is 3.53. The van der Waals surface area contributed by atoms with E-state index >= 15 is 0 Å². The van der Waals surface area contributed by atoms with Crippen LogP contribution >= 0.6 is 23.1 Å². The lowest BCUT2D eigenvalue weighted by Crippen LogP contribution is -2.38. The summed E-state index contributed by atoms with van der Waals surface area (Å²) in [6, 6.07) is 32.2. The van der Waals surface area contributed by atoms with Gasteiger partial charge in [0.25, 0.3) is 0 Å². The number of benzene rings is 4. The van der Waals surface area contributed by atoms with Crippen molar-refractivity contribution >= 4 is 34.8 Å². The van der Waals surface area contributed by atoms with Gasteiger partial charge < -0.3 is 30.0 Å². The molecule has 11 heteroatoms. The minimum atomic E-state index is -0.574. The molecular formula is C36H36N4O5S2. The summed E-state index contributed by atoms with van der Waals surface area (Å²) in [7, 11) is 0. The normalized spacial score (nSPS) is 19.2. The third-order valence-corrected chi connectivity index (χ3v) is 9.86. The number of urea groups is 1. The molecule has 4 aromatic carbocycles. The second kappa shape index (κ2) is 15.6. The van der Waals surface area contributed by atoms with Gasteiger partial charge in [0.2, 0.25) is 0 Å². The van der Waals surface area contributed by atoms with Crippen LogP contribution in [0, 0.1) is 12.8 Å². The van der Waals surface area contributed by atoms with E-state index in [1.165, 1.54) is 0 Å². The molecule has 242 valence electrons. The van der Waals surface area contributed by atoms with Crippen LogP contribution in [0.1, 0.15) is 46.6 Å². The smallest absolute Gasteiger partial charge is 0.319 e. The zero-order chi connectivity index (χ0) is 32.6. The molecule has 0 aliphatic carbocycles. The maximum absolute atomic E-state index is 12.6. The van der Waals surface area contributed by atoms with Crippen LogP contribution in [0.15, 0.2) is 107 Å². The fourth-order valence-electron chi connectivity index (χ4n) is 5.18. The molecule has 2 heterocycles. The Bertz CT molecular complexity index is 1730. The van der Waals surface area contributed by atoms with Crippen LogP contribution < -0.4 is 15.4 Å². The number of para-hydroxylation sites is 1. The number of aryl methyl sites for hydroxylation is 1. The number of thioether (sulfide) groups is 1. The largest absolute Gasteiger partial charge is 0.457 e. The lowest BCUT2D eigenvalue weighted by atomic mass is 9.91. The summed E-state index contributed by atoms with van der Waals surface area (Å²) >= 11 is 3.22. The van der Waals surface area contributed by atoms with E-state index in [1.807, 2.05) is 97.9 Å². The van der Waals surface area contributed by atoms with E-state index in [-0.39, 0.29) is 30.8 Å². The molecule has 5 aromatic rings. The fraction of sp³-hybridized carbons (Fsp3) is 0.250. The van der Waals surface area contributed by atoms with Gasteiger partial charge in [-0.2, -0.15) is 0 Å². The standard InChI is InChI=1S/C36H36N4O5S2/c1-23-32(22-46-36-40-39-24(2)47-36)44-34(45-33(23)27-12-10-26(21-41)11-13-27)28-14-8-25(9-15-28)20-37-35(42)38-29-16-18-31(19-17-29)43-30-6-4-3-5-7-30/h3-19,23,32-34,41H,20-22H2,1-2H3,(H2,37,38,42)/t23-,32+,33+,34+/m1/s1. The lowest BCUT2D eigenvalue weighted by molar-refractivity contribution is -0.268. The van der Waals surface area contributed by atoms with E-state index in [1.54, 1.807) is 35.2 Å². The van der Waals surface area contributed by atoms with Crippen molar-refractivity contribution in [3.8, 4) is 11.5 Å². The second-order valence-corrected chi connectivity index (χ2v) is 13.7. The Morgan fingerprint density at radius 1 is 0.872 bits per heavy atom. The molecule has 1 fully saturated rings. The van der Waals surface area contributed by atoms with Crippen molar-refractivity contribution in [3.63, 3.8) is 0 Å². The Morgan fingerprint density at radius 2 is 1.55 bits per heavy atom. The van der Waals surface area contributed by atoms with E-state index in [4.69, 9.17) is 14.2 Å². The number of nitrogens with one attached hydrogen (secondary N) is 2. The van der Waals surface area contributed by atoms with Gasteiger partial charge >= 0.3 is 6.03 Å². The SMILES string of the molecule is Cc1nnc(SC[C@@H]2O[C@H](c3ccc(CNC(=O)Nc4ccc(Oc5ccccc5)cc4)cc3)O[C@H](c3ccc(CO)cc3)[C@@H]2C)s1. The first-order valence-electron chi connectivity index (χ1n) is 15.3. The molecule has 0 bridgehead atoms. The maximum Gasteiger partial charge on any atom is 0.319 e. The number of anilines is 1. The third kappa shape index (κ3) is 8.76. The molecule has 6 rings (SSSR count). The topological polar surface area (TPSA) is 115 Å². The van der Waals surface area contributed by atoms with Gasteiger partial charge in [-0.3, -0.25) is 0 Å². The van der Waals surface area contributed by atoms with Crippen molar-refractivity contribution in [3.05, 3.63) is 130 Å². The van der Waals surface area contributed by atoms with Crippen LogP contribution in [-0.4, -0.2) is 33.2 Å². The lowest BCUT2D eigenvalue weighted by Gasteiger charge is -2.41. The van der Waals surface area contributed by atoms with E-state index < -0.39 is 6.29 Å². The highest BCUT2D eigenvalue weighted by Crippen LogP contribution is 2.43. The molecule has 0 spiro atoms. The van der Waals surface area contributed by atoms with Crippen LogP contribution in [0.25, 0.3) is 0 Å². The number of carbonyl (C=O) groups excluding carboxylic acids is 1. The van der Waals surface area contributed by atoms with Gasteiger partial charge in [0, 0.05) is 29.5 Å². The number of aliphatic hydroxyl groups is 1. The number of ether oxygens (including phenoxy) is 3. The van der Waals surface area contributed by atoms with Crippen molar-refractivity contribution in [2.75, 3.05) is 11.1 Å². The number of aromatic nitrogens is 2. The van der Waals surface area contributed by atoms with Gasteiger partial charge in [0.15, 0.2) is 10.6 Å². The molecular weight excluding hydrogens is 633 g/mol. The Balaban J connectivity index is 1.06. The first kappa shape index (κ1) is 32.7. The number of carbonyl (C=O) groups is 1. The first-order chi connectivity index (χ1) is 22.9. The van der Waals surface area contributed by atoms with Gasteiger partial charge in [0.1, 0.15) is 16.5 Å². The Hall–Kier alpha value is -4.26. The van der Waals surface area contributed by atoms with E-state index in [0.29, 0.717) is 23.7 Å². The molecule has 47 heavy (non-hydrogen) atoms. The van der Waals surface area contributed by atoms with Crippen LogP contribution in [0.3, 0.4) is 0 Å². The minimum Gasteiger partial charge on any atom is -0.457 e. The summed E-state index contributed by atoms with van der Waals surface area (Å²) in [5.41, 5.74) is 4.38. The molecule has 1 saturated heterocycles. The van der Waals surface area contributed by atoms with Crippen molar-refractivity contribution in [1.82, 2.24) is 15.5 Å². The highest BCUT2D eigenvalue weighted by atomic mass is 32.2. The zero-order valence-corrected chi connectivity index (χ0v) is 27.7. The highest BCUT2D eigenvalue weighted by molar-refractivity contribution is 8.01. The molecule has 0 unspecified atom stereocenters. The summed E-state index contributed by atoms with van der Waals surface area (Å²) in [5.74, 6) is 2.22. The van der Waals surface area contributed by atoms with E-state index in [9.17, 15) is 9.90 Å². The molecule has 1 aliphatic heterocycles. The van der Waals surface area contributed by atoms with Gasteiger partial charge in [-0.1, -0.05) is 96.8 Å². The number of nitrogens with zero attached hydrogens (tertiary/aromatic N) is 2. The van der Waals surface area contributed by atoms with Gasteiger partial charge in [-0.25, -0.2) is 4.79 Å². The van der Waals surface area contributed by atoms with Crippen molar-refractivity contribution in [1.29, 1.82) is 0 Å². The number of hydrogen-bond donors (Lipinski definition) is 3. The molecule has 1 aromatic heterocycles. The predicted molar refractivity (Wildman–Crippen MR) is 184 cm³/mol. The zero-order valence-electron chi connectivity index (χ0n) is 26.0. The number of amides is 2. The molecule has 0 radical (unpaired) electrons. The fourth-order valence-corrected chi connectivity index (χ4v) is 7.19. The summed E-state index contributed by atoms with van der Waals surface area (Å²) < 4.78 is 19.8. The molecule has 9 nitrogen and oxygen atoms in total. The third-order valence-electron chi connectivity index (χ3n) is 7.80. The summed E-state index contributed by atoms with van der Waals surface area (Å²) in [4.78, 5) is 12.6. The highest BCUT2D eigenvalue weighted by Gasteiger charge is 2.38. The van der Waals surface area contributed by atoms with E-state index in [0.717, 1.165) is 37.4 Å². The second-order valence-electron chi connectivity index (χ2n) is 11.2. The number of aliphatic hydroxyl groups excluding tert-OH is 1. The molecule has 1 aliphatic rings. The molecule has 3 N–H and O–H groups in total. The van der Waals surface area contributed by atoms with Crippen LogP contribution in [-0.2, 0) is 22.6 Å². The molecule has 2 amide bonds. The van der Waals surface area contributed by atoms with Crippen LogP contribution in [0.4, 0.5) is 10.5 Å². The summed E-state index contributed by atoms with van der Waals surface area (Å²) in [5, 5.41) is 24.6. The van der Waals surface area contributed by atoms with Gasteiger partial charge in [-0.15, -0.1) is 10.2 Å². The van der Waals surface area contributed by atoms with E-state index in [2.05, 4.69) is 27.8 Å². The summed E-state index contributed by atoms with van der Waals surface area (Å²) in [6.07, 6.45) is -0.878. The number of hydrogen-bond acceptors (Lipinski definition) is 9. The maximum atomic E-state index is 12.6.